The summed E-state index contributed by atoms with van der Waals surface area (Å²) >= 11 is 0. The predicted octanol–water partition coefficient (Wildman–Crippen LogP) is 4.69. The lowest BCUT2D eigenvalue weighted by Crippen LogP contribution is -2.35. The van der Waals surface area contributed by atoms with Crippen LogP contribution in [0.3, 0.4) is 0 Å². The molecule has 0 saturated carbocycles. The Morgan fingerprint density at radius 1 is 0.840 bits per heavy atom. The molecule has 0 radical (unpaired) electrons. The van der Waals surface area contributed by atoms with Crippen molar-refractivity contribution in [2.75, 3.05) is 37.6 Å². The van der Waals surface area contributed by atoms with Crippen LogP contribution in [-0.4, -0.2) is 37.6 Å². The van der Waals surface area contributed by atoms with E-state index >= 15 is 0 Å². The first-order valence-corrected chi connectivity index (χ1v) is 9.90. The van der Waals surface area contributed by atoms with Crippen LogP contribution >= 0.6 is 0 Å². The molecule has 0 N–H and O–H groups in total. The Kier molecular flexibility index (Phi) is 4.80. The van der Waals surface area contributed by atoms with E-state index in [0.717, 1.165) is 13.1 Å². The summed E-state index contributed by atoms with van der Waals surface area (Å²) in [7, 11) is 0. The zero-order valence-electron chi connectivity index (χ0n) is 15.5. The van der Waals surface area contributed by atoms with Crippen LogP contribution in [0.2, 0.25) is 0 Å². The summed E-state index contributed by atoms with van der Waals surface area (Å²) in [5.74, 6) is 0. The van der Waals surface area contributed by atoms with Gasteiger partial charge in [0.25, 0.3) is 0 Å². The van der Waals surface area contributed by atoms with Crippen molar-refractivity contribution in [3.8, 4) is 0 Å². The number of fused-ring (bicyclic) bond motifs is 1. The molecule has 2 aromatic rings. The highest BCUT2D eigenvalue weighted by Gasteiger charge is 2.39. The summed E-state index contributed by atoms with van der Waals surface area (Å²) in [6.45, 7) is 8.52. The van der Waals surface area contributed by atoms with Crippen molar-refractivity contribution in [3.63, 3.8) is 0 Å². The third-order valence-corrected chi connectivity index (χ3v) is 6.11. The maximum absolute atomic E-state index is 2.65. The van der Waals surface area contributed by atoms with Crippen molar-refractivity contribution in [1.82, 2.24) is 4.90 Å². The first-order valence-electron chi connectivity index (χ1n) is 9.90. The molecule has 2 aliphatic rings. The Morgan fingerprint density at radius 3 is 2.36 bits per heavy atom. The molecule has 1 unspecified atom stereocenters. The van der Waals surface area contributed by atoms with Gasteiger partial charge in [0, 0.05) is 24.2 Å². The number of hydrogen-bond acceptors (Lipinski definition) is 2. The first kappa shape index (κ1) is 16.7. The van der Waals surface area contributed by atoms with E-state index < -0.39 is 0 Å². The van der Waals surface area contributed by atoms with E-state index in [1.165, 1.54) is 62.1 Å². The van der Waals surface area contributed by atoms with Crippen LogP contribution < -0.4 is 4.90 Å². The quantitative estimate of drug-likeness (QED) is 0.783. The van der Waals surface area contributed by atoms with Crippen LogP contribution in [0.5, 0.6) is 0 Å². The van der Waals surface area contributed by atoms with Gasteiger partial charge < -0.3 is 9.80 Å². The maximum atomic E-state index is 2.65. The summed E-state index contributed by atoms with van der Waals surface area (Å²) in [6.07, 6.45) is 5.46. The molecule has 2 aliphatic heterocycles. The van der Waals surface area contributed by atoms with Crippen molar-refractivity contribution in [2.24, 2.45) is 0 Å². The average Bonchev–Trinajstić information content (AvgIpc) is 2.97. The van der Waals surface area contributed by atoms with E-state index in [1.807, 2.05) is 0 Å². The molecule has 4 rings (SSSR count). The topological polar surface area (TPSA) is 6.48 Å². The molecule has 1 atom stereocenters. The van der Waals surface area contributed by atoms with Crippen LogP contribution in [0.1, 0.15) is 43.7 Å². The fourth-order valence-corrected chi connectivity index (χ4v) is 4.69. The molecule has 2 heterocycles. The zero-order chi connectivity index (χ0) is 17.1. The molecule has 2 heteroatoms. The third-order valence-electron chi connectivity index (χ3n) is 6.11. The van der Waals surface area contributed by atoms with Gasteiger partial charge in [-0.25, -0.2) is 0 Å². The maximum Gasteiger partial charge on any atom is 0.0408 e. The largest absolute Gasteiger partial charge is 0.370 e. The van der Waals surface area contributed by atoms with Crippen molar-refractivity contribution < 1.29 is 0 Å². The van der Waals surface area contributed by atoms with Crippen molar-refractivity contribution in [2.45, 2.75) is 38.0 Å². The van der Waals surface area contributed by atoms with Gasteiger partial charge in [-0.3, -0.25) is 0 Å². The number of piperidine rings is 1. The highest BCUT2D eigenvalue weighted by molar-refractivity contribution is 5.65. The number of hydrogen-bond donors (Lipinski definition) is 0. The molecule has 1 saturated heterocycles. The monoisotopic (exact) mass is 334 g/mol. The van der Waals surface area contributed by atoms with Crippen molar-refractivity contribution in [3.05, 3.63) is 65.7 Å². The van der Waals surface area contributed by atoms with Crippen LogP contribution in [-0.2, 0) is 5.41 Å². The summed E-state index contributed by atoms with van der Waals surface area (Å²) in [5.41, 5.74) is 4.45. The number of benzene rings is 2. The molecule has 0 spiro atoms. The van der Waals surface area contributed by atoms with E-state index in [2.05, 4.69) is 71.3 Å². The second-order valence-corrected chi connectivity index (χ2v) is 7.89. The molecule has 0 bridgehead atoms. The summed E-state index contributed by atoms with van der Waals surface area (Å²) in [6, 6.07) is 20.0. The summed E-state index contributed by atoms with van der Waals surface area (Å²) < 4.78 is 0. The first-order chi connectivity index (χ1) is 12.3. The molecular weight excluding hydrogens is 304 g/mol. The number of rotatable bonds is 5. The van der Waals surface area contributed by atoms with Gasteiger partial charge in [-0.15, -0.1) is 0 Å². The van der Waals surface area contributed by atoms with E-state index in [9.17, 15) is 0 Å². The third kappa shape index (κ3) is 3.32. The normalized spacial score (nSPS) is 23.6. The Labute approximate surface area is 152 Å². The van der Waals surface area contributed by atoms with E-state index in [-0.39, 0.29) is 5.41 Å². The Morgan fingerprint density at radius 2 is 1.56 bits per heavy atom. The SMILES string of the molecule is CC1(c2ccccc2)CN(CCCN2CCCCC2)c2ccccc21. The average molecular weight is 335 g/mol. The summed E-state index contributed by atoms with van der Waals surface area (Å²) in [4.78, 5) is 5.27. The number of nitrogens with zero attached hydrogens (tertiary/aromatic N) is 2. The molecule has 2 aromatic carbocycles. The second-order valence-electron chi connectivity index (χ2n) is 7.89. The fraction of sp³-hybridized carbons (Fsp3) is 0.478. The minimum atomic E-state index is 0.100. The molecule has 0 aliphatic carbocycles. The summed E-state index contributed by atoms with van der Waals surface area (Å²) in [5, 5.41) is 0. The van der Waals surface area contributed by atoms with E-state index in [4.69, 9.17) is 0 Å². The zero-order valence-corrected chi connectivity index (χ0v) is 15.5. The molecule has 0 amide bonds. The number of likely N-dealkylation sites (tertiary alicyclic amines) is 1. The Balaban J connectivity index is 1.49. The van der Waals surface area contributed by atoms with Crippen LogP contribution in [0.15, 0.2) is 54.6 Å². The molecule has 132 valence electrons. The van der Waals surface area contributed by atoms with E-state index in [0.29, 0.717) is 0 Å². The predicted molar refractivity (Wildman–Crippen MR) is 106 cm³/mol. The van der Waals surface area contributed by atoms with Crippen molar-refractivity contribution >= 4 is 5.69 Å². The lowest BCUT2D eigenvalue weighted by Gasteiger charge is -2.29. The van der Waals surface area contributed by atoms with Gasteiger partial charge in [-0.1, -0.05) is 55.0 Å². The van der Waals surface area contributed by atoms with Gasteiger partial charge in [0.15, 0.2) is 0 Å². The number of anilines is 1. The van der Waals surface area contributed by atoms with Gasteiger partial charge in [-0.2, -0.15) is 0 Å². The van der Waals surface area contributed by atoms with Crippen LogP contribution in [0.4, 0.5) is 5.69 Å². The van der Waals surface area contributed by atoms with Gasteiger partial charge >= 0.3 is 0 Å². The highest BCUT2D eigenvalue weighted by atomic mass is 15.2. The van der Waals surface area contributed by atoms with Crippen molar-refractivity contribution in [1.29, 1.82) is 0 Å². The lowest BCUT2D eigenvalue weighted by molar-refractivity contribution is 0.227. The van der Waals surface area contributed by atoms with Gasteiger partial charge in [0.05, 0.1) is 0 Å². The van der Waals surface area contributed by atoms with Gasteiger partial charge in [0.2, 0.25) is 0 Å². The molecule has 25 heavy (non-hydrogen) atoms. The molecule has 2 nitrogen and oxygen atoms in total. The van der Waals surface area contributed by atoms with E-state index in [1.54, 1.807) is 0 Å². The Bertz CT molecular complexity index is 690. The standard InChI is InChI=1S/C23H30N2/c1-23(20-11-4-2-5-12-20)19-25(22-14-7-6-13-21(22)23)18-10-17-24-15-8-3-9-16-24/h2,4-7,11-14H,3,8-10,15-19H2,1H3. The second kappa shape index (κ2) is 7.21. The number of para-hydroxylation sites is 1. The Hall–Kier alpha value is -1.80. The molecule has 0 aromatic heterocycles. The molecule has 1 fully saturated rings. The minimum Gasteiger partial charge on any atom is -0.370 e. The van der Waals surface area contributed by atoms with Gasteiger partial charge in [0.1, 0.15) is 0 Å². The van der Waals surface area contributed by atoms with Gasteiger partial charge in [-0.05, 0) is 63.0 Å². The fourth-order valence-electron chi connectivity index (χ4n) is 4.69. The smallest absolute Gasteiger partial charge is 0.0408 e. The molecular formula is C23H30N2. The van der Waals surface area contributed by atoms with Crippen LogP contribution in [0.25, 0.3) is 0 Å². The van der Waals surface area contributed by atoms with Crippen LogP contribution in [0, 0.1) is 0 Å². The highest BCUT2D eigenvalue weighted by Crippen LogP contribution is 2.44. The lowest BCUT2D eigenvalue weighted by atomic mass is 9.78. The minimum absolute atomic E-state index is 0.100.